The molecule has 42 heavy (non-hydrogen) atoms. The Hall–Kier alpha value is -4.43. The molecule has 0 saturated heterocycles. The van der Waals surface area contributed by atoms with Crippen LogP contribution >= 0.6 is 11.3 Å². The number of hydrogen-bond donors (Lipinski definition) is 3. The van der Waals surface area contributed by atoms with Gasteiger partial charge in [0.15, 0.2) is 0 Å². The molecule has 0 saturated carbocycles. The largest absolute Gasteiger partial charge is 0.489 e. The number of nitrogens with zero attached hydrogens (tertiary/aromatic N) is 2. The minimum absolute atomic E-state index is 0.0504. The van der Waals surface area contributed by atoms with Crippen LogP contribution in [0.4, 0.5) is 22.0 Å². The van der Waals surface area contributed by atoms with E-state index in [-0.39, 0.29) is 44.6 Å². The van der Waals surface area contributed by atoms with E-state index in [1.54, 1.807) is 6.07 Å². The Labute approximate surface area is 239 Å². The van der Waals surface area contributed by atoms with Gasteiger partial charge in [0.1, 0.15) is 45.0 Å². The molecule has 0 bridgehead atoms. The minimum Gasteiger partial charge on any atom is -0.489 e. The van der Waals surface area contributed by atoms with Crippen molar-refractivity contribution >= 4 is 23.2 Å². The number of benzene rings is 2. The van der Waals surface area contributed by atoms with Gasteiger partial charge < -0.3 is 20.9 Å². The van der Waals surface area contributed by atoms with E-state index in [4.69, 9.17) is 10.5 Å². The van der Waals surface area contributed by atoms with E-state index in [2.05, 4.69) is 15.3 Å². The third-order valence-electron chi connectivity index (χ3n) is 6.97. The summed E-state index contributed by atoms with van der Waals surface area (Å²) in [6.07, 6.45) is -4.31. The molecule has 1 aliphatic heterocycles. The number of amides is 2. The molecule has 8 nitrogen and oxygen atoms in total. The fourth-order valence-electron chi connectivity index (χ4n) is 4.37. The zero-order valence-corrected chi connectivity index (χ0v) is 22.4. The number of carbonyl (C=O) groups excluding carboxylic acids is 2. The Morgan fingerprint density at radius 1 is 1.14 bits per heavy atom. The third-order valence-corrected chi connectivity index (χ3v) is 7.99. The van der Waals surface area contributed by atoms with Crippen LogP contribution in [0, 0.1) is 11.6 Å². The van der Waals surface area contributed by atoms with Crippen molar-refractivity contribution < 1.29 is 41.4 Å². The van der Waals surface area contributed by atoms with Crippen molar-refractivity contribution in [2.24, 2.45) is 5.73 Å². The number of rotatable bonds is 7. The number of nitrogens with two attached hydrogens (primary N) is 1. The Balaban J connectivity index is 1.54. The van der Waals surface area contributed by atoms with Crippen molar-refractivity contribution in [1.29, 1.82) is 0 Å². The molecule has 2 aromatic carbocycles. The molecule has 4 N–H and O–H groups in total. The first-order chi connectivity index (χ1) is 19.7. The van der Waals surface area contributed by atoms with E-state index in [1.807, 2.05) is 0 Å². The van der Waals surface area contributed by atoms with Crippen LogP contribution in [-0.4, -0.2) is 46.2 Å². The number of primary amides is 1. The summed E-state index contributed by atoms with van der Waals surface area (Å²) in [5.41, 5.74) is -0.754. The molecule has 14 heteroatoms. The summed E-state index contributed by atoms with van der Waals surface area (Å²) in [4.78, 5) is 33.0. The summed E-state index contributed by atoms with van der Waals surface area (Å²) in [5.74, 6) is -3.18. The highest BCUT2D eigenvalue weighted by atomic mass is 32.1. The van der Waals surface area contributed by atoms with Crippen molar-refractivity contribution in [2.45, 2.75) is 24.1 Å². The van der Waals surface area contributed by atoms with Gasteiger partial charge >= 0.3 is 6.18 Å². The molecule has 3 heterocycles. The van der Waals surface area contributed by atoms with Crippen LogP contribution in [0.2, 0.25) is 0 Å². The van der Waals surface area contributed by atoms with E-state index in [0.29, 0.717) is 0 Å². The van der Waals surface area contributed by atoms with Gasteiger partial charge in [-0.15, -0.1) is 11.3 Å². The molecule has 2 aromatic heterocycles. The van der Waals surface area contributed by atoms with E-state index < -0.39 is 52.9 Å². The van der Waals surface area contributed by atoms with Gasteiger partial charge in [0.2, 0.25) is 11.5 Å². The van der Waals surface area contributed by atoms with Crippen LogP contribution in [0.3, 0.4) is 0 Å². The molecular weight excluding hydrogens is 583 g/mol. The van der Waals surface area contributed by atoms with Crippen LogP contribution < -0.4 is 15.8 Å². The zero-order valence-electron chi connectivity index (χ0n) is 21.6. The Bertz CT molecular complexity index is 1690. The predicted molar refractivity (Wildman–Crippen MR) is 141 cm³/mol. The number of alkyl halides is 3. The molecular formula is C28H21F5N4O4S. The molecule has 0 radical (unpaired) electrons. The van der Waals surface area contributed by atoms with E-state index in [9.17, 15) is 36.6 Å². The monoisotopic (exact) mass is 604 g/mol. The van der Waals surface area contributed by atoms with Crippen molar-refractivity contribution in [3.05, 3.63) is 88.6 Å². The van der Waals surface area contributed by atoms with Gasteiger partial charge in [-0.1, -0.05) is 12.1 Å². The maximum absolute atomic E-state index is 14.5. The van der Waals surface area contributed by atoms with Gasteiger partial charge in [0.25, 0.3) is 5.91 Å². The Kier molecular flexibility index (Phi) is 7.23. The van der Waals surface area contributed by atoms with Gasteiger partial charge in [0.05, 0.1) is 18.4 Å². The molecule has 0 aliphatic carbocycles. The first kappa shape index (κ1) is 29.1. The number of pyridine rings is 1. The third kappa shape index (κ3) is 4.96. The highest BCUT2D eigenvalue weighted by molar-refractivity contribution is 7.16. The van der Waals surface area contributed by atoms with E-state index in [0.717, 1.165) is 35.7 Å². The maximum Gasteiger partial charge on any atom is 0.424 e. The van der Waals surface area contributed by atoms with Crippen LogP contribution in [0.5, 0.6) is 5.75 Å². The molecule has 5 rings (SSSR count). The predicted octanol–water partition coefficient (Wildman–Crippen LogP) is 4.47. The second kappa shape index (κ2) is 10.4. The quantitative estimate of drug-likeness (QED) is 0.267. The normalized spacial score (nSPS) is 17.7. The summed E-state index contributed by atoms with van der Waals surface area (Å²) in [5, 5.41) is 13.3. The van der Waals surface area contributed by atoms with E-state index >= 15 is 0 Å². The van der Waals surface area contributed by atoms with Gasteiger partial charge in [-0.25, -0.2) is 18.7 Å². The molecule has 2 amide bonds. The second-order valence-corrected chi connectivity index (χ2v) is 10.8. The van der Waals surface area contributed by atoms with Gasteiger partial charge in [-0.2, -0.15) is 13.2 Å². The lowest BCUT2D eigenvalue weighted by Crippen LogP contribution is -2.51. The first-order valence-corrected chi connectivity index (χ1v) is 13.1. The van der Waals surface area contributed by atoms with Gasteiger partial charge in [-0.3, -0.25) is 9.59 Å². The highest BCUT2D eigenvalue weighted by Crippen LogP contribution is 2.47. The second-order valence-electron chi connectivity index (χ2n) is 9.77. The van der Waals surface area contributed by atoms with Crippen LogP contribution in [0.15, 0.2) is 60.8 Å². The number of hydrogen-bond acceptors (Lipinski definition) is 7. The van der Waals surface area contributed by atoms with Crippen molar-refractivity contribution in [1.82, 2.24) is 15.3 Å². The average Bonchev–Trinajstić information content (AvgIpc) is 3.57. The summed E-state index contributed by atoms with van der Waals surface area (Å²) >= 11 is 0.742. The first-order valence-electron chi connectivity index (χ1n) is 12.3. The summed E-state index contributed by atoms with van der Waals surface area (Å²) in [6.45, 7) is -0.330. The average molecular weight is 605 g/mol. The number of fused-ring (bicyclic) bond motifs is 1. The lowest BCUT2D eigenvalue weighted by molar-refractivity contribution is -0.265. The molecule has 1 aliphatic rings. The number of aliphatic hydroxyl groups is 1. The smallest absolute Gasteiger partial charge is 0.424 e. The van der Waals surface area contributed by atoms with Crippen LogP contribution in [0.25, 0.3) is 21.8 Å². The zero-order chi connectivity index (χ0) is 30.4. The van der Waals surface area contributed by atoms with Crippen LogP contribution in [-0.2, 0) is 15.8 Å². The van der Waals surface area contributed by atoms with Gasteiger partial charge in [0, 0.05) is 16.7 Å². The number of aromatic nitrogens is 2. The number of ether oxygens (including phenoxy) is 1. The molecule has 0 unspecified atom stereocenters. The molecule has 2 atom stereocenters. The lowest BCUT2D eigenvalue weighted by atomic mass is 9.81. The fourth-order valence-corrected chi connectivity index (χ4v) is 5.23. The summed E-state index contributed by atoms with van der Waals surface area (Å²) in [6, 6.07) is 11.1. The highest BCUT2D eigenvalue weighted by Gasteiger charge is 2.57. The maximum atomic E-state index is 14.5. The molecule has 0 fully saturated rings. The van der Waals surface area contributed by atoms with Crippen molar-refractivity contribution in [2.75, 3.05) is 13.2 Å². The standard InChI is InChI=1S/C28H21F5N4O4S/c1-26(25(34)39)13-41-22-17(26)10-20(37-21(22)14-6-8-15(29)9-7-14)27(40,28(31,32)33)12-36-23(38)19-11-35-24(42-19)16-4-2-3-5-18(16)30/h2-11,40H,12-13H2,1H3,(H2,34,39)(H,36,38)/t26-,27-/m0/s1. The van der Waals surface area contributed by atoms with E-state index in [1.165, 1.54) is 37.3 Å². The summed E-state index contributed by atoms with van der Waals surface area (Å²) in [7, 11) is 0. The number of halogens is 5. The van der Waals surface area contributed by atoms with Crippen LogP contribution in [0.1, 0.15) is 27.9 Å². The van der Waals surface area contributed by atoms with Crippen molar-refractivity contribution in [3.63, 3.8) is 0 Å². The number of carbonyl (C=O) groups is 2. The topological polar surface area (TPSA) is 127 Å². The lowest BCUT2D eigenvalue weighted by Gasteiger charge is -2.31. The summed E-state index contributed by atoms with van der Waals surface area (Å²) < 4.78 is 77.0. The molecule has 0 spiro atoms. The number of nitrogens with one attached hydrogen (secondary N) is 1. The fraction of sp³-hybridized carbons (Fsp3) is 0.214. The van der Waals surface area contributed by atoms with Gasteiger partial charge in [-0.05, 0) is 49.4 Å². The van der Waals surface area contributed by atoms with Crippen molar-refractivity contribution in [3.8, 4) is 27.6 Å². The Morgan fingerprint density at radius 3 is 2.48 bits per heavy atom. The molecule has 4 aromatic rings. The Morgan fingerprint density at radius 2 is 1.83 bits per heavy atom. The SMILES string of the molecule is C[C@]1(C(N)=O)COc2c1cc([C@@](O)(CNC(=O)c1cnc(-c3ccccc3F)s1)C(F)(F)F)nc2-c1ccc(F)cc1. The molecule has 218 valence electrons. The minimum atomic E-state index is -5.38. The number of thiazole rings is 1.